The van der Waals surface area contributed by atoms with E-state index in [4.69, 9.17) is 20.8 Å². The second-order valence-electron chi connectivity index (χ2n) is 6.15. The van der Waals surface area contributed by atoms with Crippen LogP contribution in [0.4, 0.5) is 0 Å². The number of esters is 1. The van der Waals surface area contributed by atoms with E-state index in [1.807, 2.05) is 6.92 Å². The summed E-state index contributed by atoms with van der Waals surface area (Å²) in [6.07, 6.45) is 2.99. The average molecular weight is 396 g/mol. The molecule has 8 heteroatoms. The minimum absolute atomic E-state index is 0.0782. The Morgan fingerprint density at radius 1 is 1.21 bits per heavy atom. The van der Waals surface area contributed by atoms with Gasteiger partial charge < -0.3 is 9.15 Å². The van der Waals surface area contributed by atoms with Gasteiger partial charge in [-0.15, -0.1) is 0 Å². The number of carbonyl (C=O) groups excluding carboxylic acids is 1. The van der Waals surface area contributed by atoms with Crippen molar-refractivity contribution in [3.8, 4) is 5.69 Å². The molecule has 2 aromatic carbocycles. The van der Waals surface area contributed by atoms with Crippen molar-refractivity contribution < 1.29 is 13.9 Å². The summed E-state index contributed by atoms with van der Waals surface area (Å²) in [5.41, 5.74) is 2.35. The van der Waals surface area contributed by atoms with Crippen LogP contribution in [-0.4, -0.2) is 20.7 Å². The number of nitrogens with zero attached hydrogens (tertiary/aromatic N) is 3. The minimum atomic E-state index is -0.516. The van der Waals surface area contributed by atoms with Crippen molar-refractivity contribution in [1.29, 1.82) is 0 Å². The zero-order valence-corrected chi connectivity index (χ0v) is 15.5. The molecule has 4 aromatic rings. The van der Waals surface area contributed by atoms with Crippen LogP contribution in [0.2, 0.25) is 5.02 Å². The Balaban J connectivity index is 1.55. The molecule has 0 fully saturated rings. The van der Waals surface area contributed by atoms with Gasteiger partial charge in [-0.25, -0.2) is 19.3 Å². The van der Waals surface area contributed by atoms with Crippen molar-refractivity contribution in [3.63, 3.8) is 0 Å². The highest BCUT2D eigenvalue weighted by atomic mass is 35.5. The molecule has 7 nitrogen and oxygen atoms in total. The Kier molecular flexibility index (Phi) is 4.67. The fourth-order valence-electron chi connectivity index (χ4n) is 2.79. The van der Waals surface area contributed by atoms with Crippen LogP contribution in [-0.2, 0) is 11.3 Å². The second kappa shape index (κ2) is 7.28. The smallest absolute Gasteiger partial charge is 0.338 e. The Morgan fingerprint density at radius 2 is 2.00 bits per heavy atom. The monoisotopic (exact) mass is 395 g/mol. The molecule has 0 amide bonds. The van der Waals surface area contributed by atoms with Crippen molar-refractivity contribution in [2.45, 2.75) is 13.5 Å². The maximum atomic E-state index is 12.4. The van der Waals surface area contributed by atoms with E-state index in [1.54, 1.807) is 47.4 Å². The van der Waals surface area contributed by atoms with Crippen LogP contribution in [0.1, 0.15) is 21.5 Å². The first kappa shape index (κ1) is 17.9. The number of fused-ring (bicyclic) bond motifs is 1. The van der Waals surface area contributed by atoms with Crippen LogP contribution >= 0.6 is 11.6 Å². The van der Waals surface area contributed by atoms with E-state index < -0.39 is 11.6 Å². The lowest BCUT2D eigenvalue weighted by Gasteiger charge is -2.09. The predicted octanol–water partition coefficient (Wildman–Crippen LogP) is 3.69. The molecular formula is C20H14ClN3O4. The number of ether oxygens (including phenoxy) is 1. The Bertz CT molecular complexity index is 1210. The summed E-state index contributed by atoms with van der Waals surface area (Å²) < 4.78 is 12.2. The first-order valence-corrected chi connectivity index (χ1v) is 8.74. The summed E-state index contributed by atoms with van der Waals surface area (Å²) in [5.74, 6) is -0.510. The van der Waals surface area contributed by atoms with E-state index >= 15 is 0 Å². The highest BCUT2D eigenvalue weighted by Gasteiger charge is 2.12. The molecule has 0 bridgehead atoms. The van der Waals surface area contributed by atoms with Crippen molar-refractivity contribution >= 4 is 28.5 Å². The lowest BCUT2D eigenvalue weighted by Crippen LogP contribution is -2.08. The summed E-state index contributed by atoms with van der Waals surface area (Å²) in [7, 11) is 0. The molecule has 0 saturated heterocycles. The molecule has 0 unspecified atom stereocenters. The van der Waals surface area contributed by atoms with E-state index in [0.29, 0.717) is 27.1 Å². The van der Waals surface area contributed by atoms with Gasteiger partial charge in [-0.3, -0.25) is 0 Å². The van der Waals surface area contributed by atoms with Gasteiger partial charge in [0.2, 0.25) is 0 Å². The van der Waals surface area contributed by atoms with E-state index in [0.717, 1.165) is 11.3 Å². The molecule has 2 aromatic heterocycles. The molecule has 2 heterocycles. The summed E-state index contributed by atoms with van der Waals surface area (Å²) in [6, 6.07) is 11.4. The van der Waals surface area contributed by atoms with Gasteiger partial charge in [-0.1, -0.05) is 11.6 Å². The lowest BCUT2D eigenvalue weighted by molar-refractivity contribution is 0.0474. The van der Waals surface area contributed by atoms with Crippen LogP contribution in [0.15, 0.2) is 64.3 Å². The van der Waals surface area contributed by atoms with Crippen molar-refractivity contribution in [3.05, 3.63) is 87.3 Å². The molecule has 0 atom stereocenters. The van der Waals surface area contributed by atoms with Crippen molar-refractivity contribution in [2.24, 2.45) is 0 Å². The summed E-state index contributed by atoms with van der Waals surface area (Å²) in [6.45, 7) is 1.74. The highest BCUT2D eigenvalue weighted by Crippen LogP contribution is 2.25. The number of rotatable bonds is 4. The number of aryl methyl sites for hydroxylation is 1. The van der Waals surface area contributed by atoms with Gasteiger partial charge in [0.25, 0.3) is 0 Å². The van der Waals surface area contributed by atoms with Crippen LogP contribution in [0.5, 0.6) is 0 Å². The highest BCUT2D eigenvalue weighted by molar-refractivity contribution is 6.32. The number of aromatic nitrogens is 3. The molecule has 4 rings (SSSR count). The van der Waals surface area contributed by atoms with Crippen LogP contribution in [0.3, 0.4) is 0 Å². The number of hydrogen-bond acceptors (Lipinski definition) is 6. The molecule has 140 valence electrons. The Labute approximate surface area is 164 Å². The van der Waals surface area contributed by atoms with Crippen LogP contribution in [0, 0.1) is 6.92 Å². The van der Waals surface area contributed by atoms with Gasteiger partial charge in [0, 0.05) is 22.0 Å². The zero-order valence-electron chi connectivity index (χ0n) is 14.8. The molecule has 0 spiro atoms. The largest absolute Gasteiger partial charge is 0.457 e. The molecule has 0 N–H and O–H groups in total. The molecule has 28 heavy (non-hydrogen) atoms. The van der Waals surface area contributed by atoms with Crippen molar-refractivity contribution in [2.75, 3.05) is 0 Å². The van der Waals surface area contributed by atoms with E-state index in [2.05, 4.69) is 10.1 Å². The summed E-state index contributed by atoms with van der Waals surface area (Å²) >= 11 is 6.18. The van der Waals surface area contributed by atoms with Crippen LogP contribution < -0.4 is 5.63 Å². The standard InChI is InChI=1S/C20H14ClN3O4/c1-12-6-18-16(8-17(12)21)14(7-19(25)28-18)9-27-20(26)13-2-4-15(5-3-13)24-11-22-10-23-24/h2-8,10-11H,9H2,1H3. The predicted molar refractivity (Wildman–Crippen MR) is 103 cm³/mol. The molecule has 0 aliphatic rings. The number of carbonyl (C=O) groups is 1. The van der Waals surface area contributed by atoms with Gasteiger partial charge in [-0.2, -0.15) is 5.10 Å². The van der Waals surface area contributed by atoms with Crippen molar-refractivity contribution in [1.82, 2.24) is 14.8 Å². The normalized spacial score (nSPS) is 10.9. The molecular weight excluding hydrogens is 382 g/mol. The van der Waals surface area contributed by atoms with E-state index in [-0.39, 0.29) is 6.61 Å². The molecule has 0 aliphatic carbocycles. The first-order valence-electron chi connectivity index (χ1n) is 8.36. The third-order valence-corrected chi connectivity index (χ3v) is 4.66. The minimum Gasteiger partial charge on any atom is -0.457 e. The van der Waals surface area contributed by atoms with Gasteiger partial charge in [0.1, 0.15) is 24.8 Å². The quantitative estimate of drug-likeness (QED) is 0.387. The van der Waals surface area contributed by atoms with Gasteiger partial charge in [0.15, 0.2) is 0 Å². The number of hydrogen-bond donors (Lipinski definition) is 0. The molecule has 0 saturated carbocycles. The fourth-order valence-corrected chi connectivity index (χ4v) is 2.95. The maximum absolute atomic E-state index is 12.4. The third-order valence-electron chi connectivity index (χ3n) is 4.25. The van der Waals surface area contributed by atoms with Gasteiger partial charge >= 0.3 is 11.6 Å². The van der Waals surface area contributed by atoms with Gasteiger partial charge in [0.05, 0.1) is 11.3 Å². The first-order chi connectivity index (χ1) is 13.5. The summed E-state index contributed by atoms with van der Waals surface area (Å²) in [5, 5.41) is 5.20. The molecule has 0 aliphatic heterocycles. The van der Waals surface area contributed by atoms with E-state index in [9.17, 15) is 9.59 Å². The maximum Gasteiger partial charge on any atom is 0.338 e. The number of benzene rings is 2. The van der Waals surface area contributed by atoms with Gasteiger partial charge in [-0.05, 0) is 48.9 Å². The van der Waals surface area contributed by atoms with E-state index in [1.165, 1.54) is 12.4 Å². The fraction of sp³-hybridized carbons (Fsp3) is 0.100. The zero-order chi connectivity index (χ0) is 19.7. The Hall–Kier alpha value is -3.45. The van der Waals surface area contributed by atoms with Crippen LogP contribution in [0.25, 0.3) is 16.7 Å². The number of halogens is 1. The lowest BCUT2D eigenvalue weighted by atomic mass is 10.1. The summed E-state index contributed by atoms with van der Waals surface area (Å²) in [4.78, 5) is 28.1. The average Bonchev–Trinajstić information content (AvgIpc) is 3.22. The topological polar surface area (TPSA) is 87.2 Å². The SMILES string of the molecule is Cc1cc2oc(=O)cc(COC(=O)c3ccc(-n4cncn4)cc3)c2cc1Cl. The second-order valence-corrected chi connectivity index (χ2v) is 6.56. The Morgan fingerprint density at radius 3 is 2.71 bits per heavy atom. The molecule has 0 radical (unpaired) electrons. The third kappa shape index (κ3) is 3.52.